The van der Waals surface area contributed by atoms with Crippen LogP contribution < -0.4 is 11.1 Å². The zero-order valence-corrected chi connectivity index (χ0v) is 10.9. The molecule has 0 bridgehead atoms. The minimum absolute atomic E-state index is 0.0175. The first-order valence-electron chi connectivity index (χ1n) is 6.80. The van der Waals surface area contributed by atoms with E-state index in [4.69, 9.17) is 10.5 Å². The lowest BCUT2D eigenvalue weighted by Crippen LogP contribution is -2.34. The Hall–Kier alpha value is -0.610. The fourth-order valence-electron chi connectivity index (χ4n) is 2.40. The maximum absolute atomic E-state index is 11.4. The van der Waals surface area contributed by atoms with Crippen molar-refractivity contribution in [3.05, 3.63) is 0 Å². The van der Waals surface area contributed by atoms with E-state index in [0.29, 0.717) is 19.1 Å². The Morgan fingerprint density at radius 2 is 1.94 bits per heavy atom. The minimum Gasteiger partial charge on any atom is -0.370 e. The van der Waals surface area contributed by atoms with Gasteiger partial charge < -0.3 is 15.8 Å². The van der Waals surface area contributed by atoms with E-state index in [1.165, 1.54) is 32.1 Å². The van der Waals surface area contributed by atoms with E-state index in [9.17, 15) is 4.79 Å². The van der Waals surface area contributed by atoms with Crippen LogP contribution in [0.25, 0.3) is 0 Å². The molecule has 0 aliphatic heterocycles. The molecule has 0 heterocycles. The third kappa shape index (κ3) is 6.03. The van der Waals surface area contributed by atoms with Gasteiger partial charge in [-0.25, -0.2) is 0 Å². The third-order valence-electron chi connectivity index (χ3n) is 3.63. The Balaban J connectivity index is 2.04. The minimum atomic E-state index is -0.0175. The van der Waals surface area contributed by atoms with Crippen molar-refractivity contribution in [3.63, 3.8) is 0 Å². The Labute approximate surface area is 104 Å². The molecule has 17 heavy (non-hydrogen) atoms. The summed E-state index contributed by atoms with van der Waals surface area (Å²) >= 11 is 0. The predicted octanol–water partition coefficient (Wildman–Crippen LogP) is 1.29. The smallest absolute Gasteiger partial charge is 0.246 e. The number of carbonyl (C=O) groups excluding carboxylic acids is 1. The number of nitrogens with two attached hydrogens (primary N) is 1. The lowest BCUT2D eigenvalue weighted by Gasteiger charge is -2.27. The third-order valence-corrected chi connectivity index (χ3v) is 3.63. The SMILES string of the molecule is CCC1CCC(CNC(=O)COCCN)CC1. The van der Waals surface area contributed by atoms with Crippen LogP contribution in [-0.2, 0) is 9.53 Å². The van der Waals surface area contributed by atoms with Crippen LogP contribution in [-0.4, -0.2) is 32.2 Å². The number of carbonyl (C=O) groups is 1. The van der Waals surface area contributed by atoms with Gasteiger partial charge in [-0.3, -0.25) is 4.79 Å². The van der Waals surface area contributed by atoms with Crippen LogP contribution >= 0.6 is 0 Å². The molecule has 0 atom stereocenters. The Morgan fingerprint density at radius 3 is 2.53 bits per heavy atom. The fraction of sp³-hybridized carbons (Fsp3) is 0.923. The quantitative estimate of drug-likeness (QED) is 0.661. The van der Waals surface area contributed by atoms with E-state index in [1.807, 2.05) is 0 Å². The van der Waals surface area contributed by atoms with Gasteiger partial charge in [-0.2, -0.15) is 0 Å². The second kappa shape index (κ2) is 8.48. The van der Waals surface area contributed by atoms with Crippen molar-refractivity contribution in [2.45, 2.75) is 39.0 Å². The van der Waals surface area contributed by atoms with Crippen molar-refractivity contribution in [1.82, 2.24) is 5.32 Å². The summed E-state index contributed by atoms with van der Waals surface area (Å²) in [5, 5.41) is 2.94. The Kier molecular flexibility index (Phi) is 7.21. The molecule has 1 amide bonds. The highest BCUT2D eigenvalue weighted by Crippen LogP contribution is 2.29. The number of rotatable bonds is 7. The molecular formula is C13H26N2O2. The van der Waals surface area contributed by atoms with E-state index in [1.54, 1.807) is 0 Å². The predicted molar refractivity (Wildman–Crippen MR) is 68.6 cm³/mol. The summed E-state index contributed by atoms with van der Waals surface area (Å²) in [6.45, 7) is 4.13. The fourth-order valence-corrected chi connectivity index (χ4v) is 2.40. The molecule has 0 unspecified atom stereocenters. The molecule has 0 aromatic heterocycles. The highest BCUT2D eigenvalue weighted by molar-refractivity contribution is 5.77. The summed E-state index contributed by atoms with van der Waals surface area (Å²) < 4.78 is 5.08. The van der Waals surface area contributed by atoms with Gasteiger partial charge >= 0.3 is 0 Å². The van der Waals surface area contributed by atoms with Gasteiger partial charge in [-0.15, -0.1) is 0 Å². The van der Waals surface area contributed by atoms with Gasteiger partial charge in [0, 0.05) is 13.1 Å². The van der Waals surface area contributed by atoms with Crippen LogP contribution in [0.5, 0.6) is 0 Å². The standard InChI is InChI=1S/C13H26N2O2/c1-2-11-3-5-12(6-4-11)9-15-13(16)10-17-8-7-14/h11-12H,2-10,14H2,1H3,(H,15,16). The molecule has 1 aliphatic rings. The van der Waals surface area contributed by atoms with Crippen molar-refractivity contribution in [3.8, 4) is 0 Å². The lowest BCUT2D eigenvalue weighted by molar-refractivity contribution is -0.125. The number of ether oxygens (including phenoxy) is 1. The van der Waals surface area contributed by atoms with Crippen molar-refractivity contribution in [2.75, 3.05) is 26.3 Å². The summed E-state index contributed by atoms with van der Waals surface area (Å²) in [5.41, 5.74) is 5.28. The van der Waals surface area contributed by atoms with Crippen LogP contribution in [0.2, 0.25) is 0 Å². The van der Waals surface area contributed by atoms with Crippen molar-refractivity contribution >= 4 is 5.91 Å². The van der Waals surface area contributed by atoms with Crippen molar-refractivity contribution in [1.29, 1.82) is 0 Å². The van der Waals surface area contributed by atoms with Crippen LogP contribution in [0.1, 0.15) is 39.0 Å². The molecular weight excluding hydrogens is 216 g/mol. The first-order valence-corrected chi connectivity index (χ1v) is 6.80. The molecule has 0 aromatic carbocycles. The van der Waals surface area contributed by atoms with Crippen LogP contribution in [0.3, 0.4) is 0 Å². The molecule has 0 spiro atoms. The van der Waals surface area contributed by atoms with E-state index in [-0.39, 0.29) is 12.5 Å². The monoisotopic (exact) mass is 242 g/mol. The molecule has 0 radical (unpaired) electrons. The molecule has 3 N–H and O–H groups in total. The molecule has 4 nitrogen and oxygen atoms in total. The summed E-state index contributed by atoms with van der Waals surface area (Å²) in [6, 6.07) is 0. The van der Waals surface area contributed by atoms with Crippen LogP contribution in [0.4, 0.5) is 0 Å². The second-order valence-corrected chi connectivity index (χ2v) is 4.94. The first kappa shape index (κ1) is 14.5. The van der Waals surface area contributed by atoms with Crippen LogP contribution in [0, 0.1) is 11.8 Å². The summed E-state index contributed by atoms with van der Waals surface area (Å²) in [4.78, 5) is 11.4. The van der Waals surface area contributed by atoms with Crippen molar-refractivity contribution in [2.24, 2.45) is 17.6 Å². The molecule has 1 aliphatic carbocycles. The average Bonchev–Trinajstić information content (AvgIpc) is 2.37. The molecule has 1 saturated carbocycles. The molecule has 0 aromatic rings. The van der Waals surface area contributed by atoms with Gasteiger partial charge in [0.25, 0.3) is 0 Å². The first-order chi connectivity index (χ1) is 8.26. The summed E-state index contributed by atoms with van der Waals surface area (Å²) in [6.07, 6.45) is 6.44. The van der Waals surface area contributed by atoms with Crippen molar-refractivity contribution < 1.29 is 9.53 Å². The van der Waals surface area contributed by atoms with Gasteiger partial charge in [-0.1, -0.05) is 26.2 Å². The van der Waals surface area contributed by atoms with Gasteiger partial charge in [0.1, 0.15) is 6.61 Å². The number of hydrogen-bond acceptors (Lipinski definition) is 3. The molecule has 0 saturated heterocycles. The van der Waals surface area contributed by atoms with E-state index in [2.05, 4.69) is 12.2 Å². The largest absolute Gasteiger partial charge is 0.370 e. The summed E-state index contributed by atoms with van der Waals surface area (Å²) in [7, 11) is 0. The lowest BCUT2D eigenvalue weighted by atomic mass is 9.81. The summed E-state index contributed by atoms with van der Waals surface area (Å²) in [5.74, 6) is 1.56. The van der Waals surface area contributed by atoms with Gasteiger partial charge in [0.15, 0.2) is 0 Å². The molecule has 4 heteroatoms. The Morgan fingerprint density at radius 1 is 1.29 bits per heavy atom. The number of amides is 1. The molecule has 1 fully saturated rings. The number of nitrogens with one attached hydrogen (secondary N) is 1. The zero-order valence-electron chi connectivity index (χ0n) is 10.9. The topological polar surface area (TPSA) is 64.3 Å². The zero-order chi connectivity index (χ0) is 12.5. The highest BCUT2D eigenvalue weighted by Gasteiger charge is 2.20. The normalized spacial score (nSPS) is 24.6. The van der Waals surface area contributed by atoms with E-state index >= 15 is 0 Å². The van der Waals surface area contributed by atoms with E-state index < -0.39 is 0 Å². The maximum atomic E-state index is 11.4. The van der Waals surface area contributed by atoms with Gasteiger partial charge in [0.2, 0.25) is 5.91 Å². The number of hydrogen-bond donors (Lipinski definition) is 2. The van der Waals surface area contributed by atoms with Gasteiger partial charge in [-0.05, 0) is 24.7 Å². The molecule has 100 valence electrons. The average molecular weight is 242 g/mol. The second-order valence-electron chi connectivity index (χ2n) is 4.94. The maximum Gasteiger partial charge on any atom is 0.246 e. The van der Waals surface area contributed by atoms with Gasteiger partial charge in [0.05, 0.1) is 6.61 Å². The van der Waals surface area contributed by atoms with E-state index in [0.717, 1.165) is 12.5 Å². The molecule has 1 rings (SSSR count). The Bertz CT molecular complexity index is 213. The van der Waals surface area contributed by atoms with Crippen LogP contribution in [0.15, 0.2) is 0 Å². The highest BCUT2D eigenvalue weighted by atomic mass is 16.5.